The number of pyridine rings is 1. The van der Waals surface area contributed by atoms with Gasteiger partial charge in [0, 0.05) is 17.5 Å². The number of ether oxygens (including phenoxy) is 1. The standard InChI is InChI=1S/C32H30N4O2S/c1-38-26-15-11-23(12-16-26)21-39-32-35-29-17-18-33-19-30(29)36(32)20-22-9-13-25(14-10-22)31(37)34-28-8-4-6-24-5-2-3-7-27(24)28/h2-3,5,7,9-19,28H,4,6,8,20-21H2,1H3,(H,34,37)/t28-/m1/s1. The summed E-state index contributed by atoms with van der Waals surface area (Å²) in [4.78, 5) is 22.3. The minimum absolute atomic E-state index is 0.0312. The Morgan fingerprint density at radius 3 is 2.64 bits per heavy atom. The minimum atomic E-state index is -0.0312. The third-order valence-electron chi connectivity index (χ3n) is 7.27. The summed E-state index contributed by atoms with van der Waals surface area (Å²) in [6, 6.07) is 26.5. The van der Waals surface area contributed by atoms with E-state index in [0.29, 0.717) is 12.1 Å². The van der Waals surface area contributed by atoms with Crippen LogP contribution < -0.4 is 10.1 Å². The van der Waals surface area contributed by atoms with Crippen LogP contribution in [0.15, 0.2) is 96.4 Å². The van der Waals surface area contributed by atoms with Gasteiger partial charge in [0.05, 0.1) is 36.9 Å². The van der Waals surface area contributed by atoms with Gasteiger partial charge in [-0.05, 0) is 71.8 Å². The third-order valence-corrected chi connectivity index (χ3v) is 8.32. The van der Waals surface area contributed by atoms with Crippen LogP contribution >= 0.6 is 11.8 Å². The summed E-state index contributed by atoms with van der Waals surface area (Å²) in [5.41, 5.74) is 7.48. The van der Waals surface area contributed by atoms with Gasteiger partial charge in [-0.2, -0.15) is 0 Å². The topological polar surface area (TPSA) is 69.0 Å². The molecule has 1 aliphatic carbocycles. The van der Waals surface area contributed by atoms with Gasteiger partial charge in [-0.15, -0.1) is 0 Å². The molecule has 39 heavy (non-hydrogen) atoms. The number of hydrogen-bond donors (Lipinski definition) is 1. The molecule has 1 N–H and O–H groups in total. The second kappa shape index (κ2) is 11.3. The maximum absolute atomic E-state index is 13.1. The Morgan fingerprint density at radius 1 is 1.03 bits per heavy atom. The van der Waals surface area contributed by atoms with Crippen LogP contribution in [-0.4, -0.2) is 27.6 Å². The Kier molecular flexibility index (Phi) is 7.32. The number of carbonyl (C=O) groups excluding carboxylic acids is 1. The van der Waals surface area contributed by atoms with E-state index in [-0.39, 0.29) is 11.9 Å². The van der Waals surface area contributed by atoms with E-state index >= 15 is 0 Å². The zero-order valence-corrected chi connectivity index (χ0v) is 22.7. The lowest BCUT2D eigenvalue weighted by Crippen LogP contribution is -2.30. The number of thioether (sulfide) groups is 1. The largest absolute Gasteiger partial charge is 0.497 e. The molecule has 0 saturated carbocycles. The first-order valence-electron chi connectivity index (χ1n) is 13.2. The first kappa shape index (κ1) is 25.2. The molecular weight excluding hydrogens is 504 g/mol. The number of nitrogens with one attached hydrogen (secondary N) is 1. The molecule has 0 saturated heterocycles. The predicted octanol–water partition coefficient (Wildman–Crippen LogP) is 6.59. The molecule has 0 bridgehead atoms. The quantitative estimate of drug-likeness (QED) is 0.228. The smallest absolute Gasteiger partial charge is 0.251 e. The zero-order valence-electron chi connectivity index (χ0n) is 21.8. The Morgan fingerprint density at radius 2 is 1.82 bits per heavy atom. The average molecular weight is 535 g/mol. The summed E-state index contributed by atoms with van der Waals surface area (Å²) >= 11 is 1.70. The van der Waals surface area contributed by atoms with Gasteiger partial charge in [-0.1, -0.05) is 60.3 Å². The summed E-state index contributed by atoms with van der Waals surface area (Å²) in [6.45, 7) is 0.644. The third kappa shape index (κ3) is 5.54. The molecule has 1 atom stereocenters. The Labute approximate surface area is 232 Å². The lowest BCUT2D eigenvalue weighted by Gasteiger charge is -2.26. The number of fused-ring (bicyclic) bond motifs is 2. The van der Waals surface area contributed by atoms with E-state index in [9.17, 15) is 4.79 Å². The summed E-state index contributed by atoms with van der Waals surface area (Å²) in [6.07, 6.45) is 6.78. The Bertz CT molecular complexity index is 1600. The SMILES string of the molecule is COc1ccc(CSc2nc3ccncc3n2Cc2ccc(C(=O)N[C@@H]3CCCc4ccccc43)cc2)cc1. The van der Waals surface area contributed by atoms with Crippen molar-refractivity contribution in [1.29, 1.82) is 0 Å². The van der Waals surface area contributed by atoms with E-state index in [2.05, 4.69) is 51.3 Å². The molecule has 2 aromatic heterocycles. The highest BCUT2D eigenvalue weighted by molar-refractivity contribution is 7.98. The molecule has 0 spiro atoms. The van der Waals surface area contributed by atoms with E-state index in [4.69, 9.17) is 9.72 Å². The van der Waals surface area contributed by atoms with Gasteiger partial charge in [0.1, 0.15) is 5.75 Å². The molecule has 1 aliphatic rings. The first-order chi connectivity index (χ1) is 19.2. The Hall–Kier alpha value is -4.10. The number of nitrogens with zero attached hydrogens (tertiary/aromatic N) is 3. The molecule has 0 radical (unpaired) electrons. The van der Waals surface area contributed by atoms with Gasteiger partial charge < -0.3 is 14.6 Å². The highest BCUT2D eigenvalue weighted by Gasteiger charge is 2.22. The first-order valence-corrected chi connectivity index (χ1v) is 14.2. The second-order valence-electron chi connectivity index (χ2n) is 9.80. The van der Waals surface area contributed by atoms with Crippen LogP contribution in [0.1, 0.15) is 51.5 Å². The summed E-state index contributed by atoms with van der Waals surface area (Å²) in [5.74, 6) is 1.61. The number of amides is 1. The van der Waals surface area contributed by atoms with E-state index < -0.39 is 0 Å². The molecule has 6 rings (SSSR count). The average Bonchev–Trinajstić information content (AvgIpc) is 3.34. The van der Waals surface area contributed by atoms with Crippen molar-refractivity contribution in [2.75, 3.05) is 7.11 Å². The number of aryl methyl sites for hydroxylation is 1. The summed E-state index contributed by atoms with van der Waals surface area (Å²) < 4.78 is 7.48. The number of imidazole rings is 1. The number of methoxy groups -OCH3 is 1. The van der Waals surface area contributed by atoms with Crippen molar-refractivity contribution in [2.24, 2.45) is 0 Å². The van der Waals surface area contributed by atoms with Crippen LogP contribution in [-0.2, 0) is 18.7 Å². The fraction of sp³-hybridized carbons (Fsp3) is 0.219. The van der Waals surface area contributed by atoms with E-state index in [0.717, 1.165) is 52.5 Å². The van der Waals surface area contributed by atoms with Crippen LogP contribution in [0.5, 0.6) is 5.75 Å². The van der Waals surface area contributed by atoms with Crippen LogP contribution in [0.4, 0.5) is 0 Å². The molecule has 3 aromatic carbocycles. The molecule has 196 valence electrons. The van der Waals surface area contributed by atoms with Gasteiger partial charge in [-0.25, -0.2) is 4.98 Å². The fourth-order valence-corrected chi connectivity index (χ4v) is 6.14. The van der Waals surface area contributed by atoms with Crippen LogP contribution in [0, 0.1) is 0 Å². The van der Waals surface area contributed by atoms with E-state index in [1.165, 1.54) is 16.7 Å². The molecule has 0 aliphatic heterocycles. The highest BCUT2D eigenvalue weighted by atomic mass is 32.2. The van der Waals surface area contributed by atoms with Crippen LogP contribution in [0.2, 0.25) is 0 Å². The molecule has 0 unspecified atom stereocenters. The van der Waals surface area contributed by atoms with Crippen molar-refractivity contribution in [3.8, 4) is 5.75 Å². The number of benzene rings is 3. The van der Waals surface area contributed by atoms with Crippen molar-refractivity contribution in [3.63, 3.8) is 0 Å². The van der Waals surface area contributed by atoms with Crippen molar-refractivity contribution >= 4 is 28.7 Å². The van der Waals surface area contributed by atoms with Gasteiger partial charge in [-0.3, -0.25) is 9.78 Å². The van der Waals surface area contributed by atoms with Crippen molar-refractivity contribution in [2.45, 2.75) is 42.8 Å². The molecule has 5 aromatic rings. The van der Waals surface area contributed by atoms with Crippen LogP contribution in [0.25, 0.3) is 11.0 Å². The van der Waals surface area contributed by atoms with Crippen molar-refractivity contribution < 1.29 is 9.53 Å². The Balaban J connectivity index is 1.17. The zero-order chi connectivity index (χ0) is 26.6. The van der Waals surface area contributed by atoms with Gasteiger partial charge in [0.2, 0.25) is 0 Å². The highest BCUT2D eigenvalue weighted by Crippen LogP contribution is 2.30. The predicted molar refractivity (Wildman–Crippen MR) is 155 cm³/mol. The van der Waals surface area contributed by atoms with Gasteiger partial charge >= 0.3 is 0 Å². The second-order valence-corrected chi connectivity index (χ2v) is 10.7. The normalized spacial score (nSPS) is 14.6. The molecule has 1 amide bonds. The molecule has 7 heteroatoms. The van der Waals surface area contributed by atoms with Gasteiger partial charge in [0.25, 0.3) is 5.91 Å². The fourth-order valence-electron chi connectivity index (χ4n) is 5.17. The molecule has 6 nitrogen and oxygen atoms in total. The van der Waals surface area contributed by atoms with E-state index in [1.54, 1.807) is 25.1 Å². The maximum Gasteiger partial charge on any atom is 0.251 e. The minimum Gasteiger partial charge on any atom is -0.497 e. The summed E-state index contributed by atoms with van der Waals surface area (Å²) in [5, 5.41) is 4.19. The summed E-state index contributed by atoms with van der Waals surface area (Å²) in [7, 11) is 1.68. The molecular formula is C32H30N4O2S. The number of carbonyl (C=O) groups is 1. The van der Waals surface area contributed by atoms with Gasteiger partial charge in [0.15, 0.2) is 5.16 Å². The number of hydrogen-bond acceptors (Lipinski definition) is 5. The van der Waals surface area contributed by atoms with Crippen molar-refractivity contribution in [3.05, 3.63) is 119 Å². The monoisotopic (exact) mass is 534 g/mol. The number of rotatable bonds is 8. The molecule has 0 fully saturated rings. The van der Waals surface area contributed by atoms with Crippen LogP contribution in [0.3, 0.4) is 0 Å². The van der Waals surface area contributed by atoms with Crippen molar-refractivity contribution in [1.82, 2.24) is 19.9 Å². The maximum atomic E-state index is 13.1. The lowest BCUT2D eigenvalue weighted by molar-refractivity contribution is 0.0932. The lowest BCUT2D eigenvalue weighted by atomic mass is 9.87. The number of aromatic nitrogens is 3. The molecule has 2 heterocycles. The van der Waals surface area contributed by atoms with E-state index in [1.807, 2.05) is 48.7 Å².